The molecular weight excluding hydrogens is 278 g/mol. The smallest absolute Gasteiger partial charge is 0.103 e. The van der Waals surface area contributed by atoms with Crippen LogP contribution in [0.1, 0.15) is 11.3 Å². The highest BCUT2D eigenvalue weighted by Crippen LogP contribution is 2.26. The van der Waals surface area contributed by atoms with E-state index in [1.165, 1.54) is 0 Å². The maximum Gasteiger partial charge on any atom is 0.103 e. The van der Waals surface area contributed by atoms with Crippen LogP contribution in [0.25, 0.3) is 0 Å². The van der Waals surface area contributed by atoms with E-state index >= 15 is 0 Å². The van der Waals surface area contributed by atoms with Crippen LogP contribution >= 0.6 is 15.9 Å². The summed E-state index contributed by atoms with van der Waals surface area (Å²) in [6.07, 6.45) is 1.75. The minimum atomic E-state index is 0.591. The van der Waals surface area contributed by atoms with Gasteiger partial charge in [0.25, 0.3) is 0 Å². The van der Waals surface area contributed by atoms with Gasteiger partial charge in [-0.1, -0.05) is 6.07 Å². The van der Waals surface area contributed by atoms with Crippen LogP contribution in [-0.2, 0) is 0 Å². The molecule has 0 radical (unpaired) electrons. The van der Waals surface area contributed by atoms with Crippen molar-refractivity contribution < 1.29 is 0 Å². The lowest BCUT2D eigenvalue weighted by Crippen LogP contribution is -1.95. The lowest BCUT2D eigenvalue weighted by Gasteiger charge is -2.08. The van der Waals surface area contributed by atoms with Crippen LogP contribution in [0.5, 0.6) is 0 Å². The second-order valence-electron chi connectivity index (χ2n) is 3.59. The average Bonchev–Trinajstić information content (AvgIpc) is 2.32. The summed E-state index contributed by atoms with van der Waals surface area (Å²) in [7, 11) is 0. The Morgan fingerprint density at radius 3 is 2.76 bits per heavy atom. The van der Waals surface area contributed by atoms with E-state index in [0.717, 1.165) is 21.5 Å². The molecule has 0 atom stereocenters. The average molecular weight is 288 g/mol. The quantitative estimate of drug-likeness (QED) is 0.915. The second-order valence-corrected chi connectivity index (χ2v) is 4.44. The third kappa shape index (κ3) is 2.63. The Labute approximate surface area is 108 Å². The summed E-state index contributed by atoms with van der Waals surface area (Å²) in [5.74, 6) is 0. The summed E-state index contributed by atoms with van der Waals surface area (Å²) in [4.78, 5) is 4.20. The number of nitrogens with zero attached hydrogens (tertiary/aromatic N) is 2. The summed E-state index contributed by atoms with van der Waals surface area (Å²) < 4.78 is 0.782. The fraction of sp³-hybridized carbons (Fsp3) is 0.0769. The number of pyridine rings is 1. The minimum absolute atomic E-state index is 0.591. The summed E-state index contributed by atoms with van der Waals surface area (Å²) in [6, 6.07) is 11.6. The van der Waals surface area contributed by atoms with Gasteiger partial charge in [-0.3, -0.25) is 4.98 Å². The number of halogens is 1. The van der Waals surface area contributed by atoms with Crippen molar-refractivity contribution in [3.63, 3.8) is 0 Å². The van der Waals surface area contributed by atoms with Crippen molar-refractivity contribution in [1.82, 2.24) is 4.98 Å². The Morgan fingerprint density at radius 2 is 2.12 bits per heavy atom. The highest BCUT2D eigenvalue weighted by molar-refractivity contribution is 9.10. The molecule has 3 nitrogen and oxygen atoms in total. The summed E-state index contributed by atoms with van der Waals surface area (Å²) in [5, 5.41) is 12.3. The maximum absolute atomic E-state index is 9.09. The molecule has 2 rings (SSSR count). The molecule has 0 fully saturated rings. The van der Waals surface area contributed by atoms with Crippen molar-refractivity contribution in [2.45, 2.75) is 6.92 Å². The van der Waals surface area contributed by atoms with E-state index in [0.29, 0.717) is 5.56 Å². The number of aromatic nitrogens is 1. The standard InChI is InChI=1S/C13H10BrN3/c1-9-5-6-10(8-16-9)17-13-4-2-3-12(14)11(13)7-15/h2-6,8,17H,1H3. The molecule has 0 bridgehead atoms. The molecule has 1 aromatic carbocycles. The van der Waals surface area contributed by atoms with E-state index in [1.54, 1.807) is 6.20 Å². The number of nitrogens with one attached hydrogen (secondary N) is 1. The molecule has 1 heterocycles. The number of nitriles is 1. The van der Waals surface area contributed by atoms with E-state index in [1.807, 2.05) is 37.3 Å². The Kier molecular flexibility index (Phi) is 3.40. The Balaban J connectivity index is 2.34. The van der Waals surface area contributed by atoms with Crippen LogP contribution in [0.2, 0.25) is 0 Å². The molecule has 0 aliphatic heterocycles. The van der Waals surface area contributed by atoms with E-state index in [-0.39, 0.29) is 0 Å². The summed E-state index contributed by atoms with van der Waals surface area (Å²) >= 11 is 3.35. The molecule has 1 N–H and O–H groups in total. The Morgan fingerprint density at radius 1 is 1.29 bits per heavy atom. The number of hydrogen-bond acceptors (Lipinski definition) is 3. The van der Waals surface area contributed by atoms with Gasteiger partial charge in [-0.2, -0.15) is 5.26 Å². The fourth-order valence-corrected chi connectivity index (χ4v) is 1.89. The van der Waals surface area contributed by atoms with Crippen molar-refractivity contribution in [3.05, 3.63) is 52.3 Å². The van der Waals surface area contributed by atoms with Crippen molar-refractivity contribution in [3.8, 4) is 6.07 Å². The predicted octanol–water partition coefficient (Wildman–Crippen LogP) is 3.77. The Hall–Kier alpha value is -1.86. The van der Waals surface area contributed by atoms with Gasteiger partial charge in [0.15, 0.2) is 0 Å². The van der Waals surface area contributed by atoms with E-state index < -0.39 is 0 Å². The first-order valence-electron chi connectivity index (χ1n) is 5.09. The van der Waals surface area contributed by atoms with Gasteiger partial charge in [0.2, 0.25) is 0 Å². The monoisotopic (exact) mass is 287 g/mol. The molecule has 0 spiro atoms. The molecule has 0 aliphatic rings. The number of rotatable bonds is 2. The molecule has 2 aromatic rings. The van der Waals surface area contributed by atoms with Gasteiger partial charge in [0.05, 0.1) is 23.1 Å². The first-order valence-corrected chi connectivity index (χ1v) is 5.88. The molecule has 0 amide bonds. The van der Waals surface area contributed by atoms with Crippen molar-refractivity contribution in [2.75, 3.05) is 5.32 Å². The van der Waals surface area contributed by atoms with Gasteiger partial charge in [-0.15, -0.1) is 0 Å². The fourth-order valence-electron chi connectivity index (χ4n) is 1.44. The zero-order valence-electron chi connectivity index (χ0n) is 9.24. The topological polar surface area (TPSA) is 48.7 Å². The van der Waals surface area contributed by atoms with Crippen LogP contribution in [-0.4, -0.2) is 4.98 Å². The van der Waals surface area contributed by atoms with E-state index in [4.69, 9.17) is 5.26 Å². The van der Waals surface area contributed by atoms with Crippen molar-refractivity contribution in [1.29, 1.82) is 5.26 Å². The van der Waals surface area contributed by atoms with Crippen molar-refractivity contribution >= 4 is 27.3 Å². The molecular formula is C13H10BrN3. The molecule has 17 heavy (non-hydrogen) atoms. The van der Waals surface area contributed by atoms with Gasteiger partial charge < -0.3 is 5.32 Å². The molecule has 0 saturated heterocycles. The van der Waals surface area contributed by atoms with Crippen LogP contribution in [0, 0.1) is 18.3 Å². The number of aryl methyl sites for hydroxylation is 1. The van der Waals surface area contributed by atoms with Gasteiger partial charge in [-0.05, 0) is 47.1 Å². The zero-order valence-corrected chi connectivity index (χ0v) is 10.8. The second kappa shape index (κ2) is 4.98. The molecule has 0 saturated carbocycles. The maximum atomic E-state index is 9.09. The molecule has 0 aliphatic carbocycles. The summed E-state index contributed by atoms with van der Waals surface area (Å²) in [6.45, 7) is 1.93. The predicted molar refractivity (Wildman–Crippen MR) is 71.1 cm³/mol. The Bertz CT molecular complexity index is 570. The highest BCUT2D eigenvalue weighted by Gasteiger charge is 2.05. The number of hydrogen-bond donors (Lipinski definition) is 1. The molecule has 4 heteroatoms. The zero-order chi connectivity index (χ0) is 12.3. The summed E-state index contributed by atoms with van der Waals surface area (Å²) in [5.41, 5.74) is 3.19. The minimum Gasteiger partial charge on any atom is -0.353 e. The third-order valence-electron chi connectivity index (χ3n) is 2.32. The molecule has 1 aromatic heterocycles. The first-order chi connectivity index (χ1) is 8.20. The lowest BCUT2D eigenvalue weighted by molar-refractivity contribution is 1.20. The molecule has 0 unspecified atom stereocenters. The van der Waals surface area contributed by atoms with Gasteiger partial charge in [0.1, 0.15) is 6.07 Å². The number of benzene rings is 1. The first kappa shape index (κ1) is 11.6. The van der Waals surface area contributed by atoms with Crippen LogP contribution in [0.4, 0.5) is 11.4 Å². The normalized spacial score (nSPS) is 9.71. The highest BCUT2D eigenvalue weighted by atomic mass is 79.9. The third-order valence-corrected chi connectivity index (χ3v) is 2.98. The van der Waals surface area contributed by atoms with E-state index in [2.05, 4.69) is 32.3 Å². The van der Waals surface area contributed by atoms with E-state index in [9.17, 15) is 0 Å². The number of anilines is 2. The lowest BCUT2D eigenvalue weighted by atomic mass is 10.2. The van der Waals surface area contributed by atoms with Gasteiger partial charge >= 0.3 is 0 Å². The largest absolute Gasteiger partial charge is 0.353 e. The van der Waals surface area contributed by atoms with Crippen LogP contribution in [0.15, 0.2) is 41.0 Å². The SMILES string of the molecule is Cc1ccc(Nc2cccc(Br)c2C#N)cn1. The molecule has 84 valence electrons. The van der Waals surface area contributed by atoms with Gasteiger partial charge in [0, 0.05) is 10.2 Å². The van der Waals surface area contributed by atoms with Gasteiger partial charge in [-0.25, -0.2) is 0 Å². The van der Waals surface area contributed by atoms with Crippen molar-refractivity contribution in [2.24, 2.45) is 0 Å². The van der Waals surface area contributed by atoms with Crippen LogP contribution < -0.4 is 5.32 Å². The van der Waals surface area contributed by atoms with Crippen LogP contribution in [0.3, 0.4) is 0 Å².